The second kappa shape index (κ2) is 13.7. The first-order valence-corrected chi connectivity index (χ1v) is 14.3. The van der Waals surface area contributed by atoms with Gasteiger partial charge in [-0.1, -0.05) is 0 Å². The van der Waals surface area contributed by atoms with Crippen molar-refractivity contribution in [3.63, 3.8) is 0 Å². The number of aromatic nitrogens is 2. The molecule has 250 valence electrons. The molecule has 17 nitrogen and oxygen atoms in total. The van der Waals surface area contributed by atoms with Gasteiger partial charge in [0.2, 0.25) is 5.95 Å². The highest BCUT2D eigenvalue weighted by molar-refractivity contribution is 5.98. The predicted molar refractivity (Wildman–Crippen MR) is 166 cm³/mol. The van der Waals surface area contributed by atoms with Crippen LogP contribution >= 0.6 is 0 Å². The zero-order valence-electron chi connectivity index (χ0n) is 26.4. The van der Waals surface area contributed by atoms with Crippen molar-refractivity contribution in [2.24, 2.45) is 0 Å². The number of nitrogens with zero attached hydrogens (tertiary/aromatic N) is 3. The summed E-state index contributed by atoms with van der Waals surface area (Å²) in [5.41, 5.74) is 3.25. The average molecular weight is 646 g/mol. The summed E-state index contributed by atoms with van der Waals surface area (Å²) < 4.78 is 11.2. The van der Waals surface area contributed by atoms with Crippen molar-refractivity contribution >= 4 is 53.2 Å². The number of hydrogen-bond acceptors (Lipinski definition) is 11. The van der Waals surface area contributed by atoms with Gasteiger partial charge in [-0.3, -0.25) is 29.2 Å². The number of amides is 3. The normalized spacial score (nSPS) is 15.1. The zero-order chi connectivity index (χ0) is 34.6. The number of aromatic amines is 1. The number of ether oxygens (including phenoxy) is 2. The lowest BCUT2D eigenvalue weighted by atomic mass is 10.1. The van der Waals surface area contributed by atoms with Crippen LogP contribution in [0.2, 0.25) is 0 Å². The second-order valence-electron chi connectivity index (χ2n) is 12.5. The summed E-state index contributed by atoms with van der Waals surface area (Å²) in [6.45, 7) is 9.78. The molecule has 0 spiro atoms. The number of hydrogen-bond donors (Lipinski definition) is 6. The number of fused-ring (bicyclic) bond motifs is 1. The Labute approximate surface area is 264 Å². The Bertz CT molecular complexity index is 1540. The van der Waals surface area contributed by atoms with Crippen molar-refractivity contribution in [1.29, 1.82) is 0 Å². The summed E-state index contributed by atoms with van der Waals surface area (Å²) >= 11 is 0. The number of benzene rings is 1. The molecule has 0 fully saturated rings. The van der Waals surface area contributed by atoms with Crippen LogP contribution in [-0.2, 0) is 19.1 Å². The fourth-order valence-corrected chi connectivity index (χ4v) is 4.39. The van der Waals surface area contributed by atoms with E-state index in [1.165, 1.54) is 29.2 Å². The summed E-state index contributed by atoms with van der Waals surface area (Å²) in [6.07, 6.45) is -2.46. The van der Waals surface area contributed by atoms with Crippen LogP contribution in [0.5, 0.6) is 0 Å². The minimum atomic E-state index is -1.44. The van der Waals surface area contributed by atoms with Crippen LogP contribution in [0.3, 0.4) is 0 Å². The smallest absolute Gasteiger partial charge is 0.415 e. The Balaban J connectivity index is 1.98. The largest absolute Gasteiger partial charge is 0.481 e. The standard InChI is InChI=1S/C29H39N7O10/c1-28(2,3)45-26(43)35(16-9-7-15(8-10-16)22(39)32-18(24(41)42)11-12-19(37)38)14-17-13-31-21-20(23(40)34-25(30)33-21)36(17)27(44)46-29(4,5)6/h7-10,17-18H,11-14H2,1-6H3,(H,32,39)(H,37,38)(H,41,42)(H4,30,31,33,34,40). The number of carbonyl (C=O) groups excluding carboxylic acids is 3. The maximum atomic E-state index is 13.5. The molecule has 2 aromatic rings. The third-order valence-electron chi connectivity index (χ3n) is 6.31. The van der Waals surface area contributed by atoms with E-state index in [2.05, 4.69) is 20.6 Å². The average Bonchev–Trinajstić information content (AvgIpc) is 2.91. The quantitative estimate of drug-likeness (QED) is 0.230. The van der Waals surface area contributed by atoms with E-state index >= 15 is 0 Å². The summed E-state index contributed by atoms with van der Waals surface area (Å²) in [4.78, 5) is 84.0. The van der Waals surface area contributed by atoms with Gasteiger partial charge in [-0.05, 0) is 72.2 Å². The van der Waals surface area contributed by atoms with Crippen molar-refractivity contribution in [2.75, 3.05) is 33.9 Å². The fraction of sp³-hybridized carbons (Fsp3) is 0.483. The number of rotatable bonds is 9. The topological polar surface area (TPSA) is 247 Å². The van der Waals surface area contributed by atoms with E-state index in [1.54, 1.807) is 41.5 Å². The minimum Gasteiger partial charge on any atom is -0.481 e. The summed E-state index contributed by atoms with van der Waals surface area (Å²) in [5.74, 6) is -3.50. The lowest BCUT2D eigenvalue weighted by Crippen LogP contribution is -2.57. The van der Waals surface area contributed by atoms with Crippen LogP contribution in [0, 0.1) is 0 Å². The number of nitrogen functional groups attached to an aromatic ring is 1. The molecule has 3 rings (SSSR count). The molecule has 0 bridgehead atoms. The summed E-state index contributed by atoms with van der Waals surface area (Å²) in [6, 6.07) is 3.20. The van der Waals surface area contributed by atoms with Crippen molar-refractivity contribution < 1.29 is 43.7 Å². The molecule has 1 aromatic carbocycles. The lowest BCUT2D eigenvalue weighted by Gasteiger charge is -2.39. The van der Waals surface area contributed by atoms with E-state index in [9.17, 15) is 33.9 Å². The van der Waals surface area contributed by atoms with Crippen molar-refractivity contribution in [2.45, 2.75) is 77.7 Å². The highest BCUT2D eigenvalue weighted by Gasteiger charge is 2.39. The van der Waals surface area contributed by atoms with Gasteiger partial charge in [0.15, 0.2) is 11.5 Å². The van der Waals surface area contributed by atoms with Gasteiger partial charge in [-0.2, -0.15) is 4.98 Å². The van der Waals surface area contributed by atoms with Gasteiger partial charge in [0, 0.05) is 24.2 Å². The van der Waals surface area contributed by atoms with E-state index < -0.39 is 65.3 Å². The number of nitrogens with two attached hydrogens (primary N) is 1. The lowest BCUT2D eigenvalue weighted by molar-refractivity contribution is -0.140. The van der Waals surface area contributed by atoms with E-state index in [0.717, 1.165) is 4.90 Å². The molecule has 17 heteroatoms. The zero-order valence-corrected chi connectivity index (χ0v) is 26.4. The number of nitrogens with one attached hydrogen (secondary N) is 3. The molecule has 1 aliphatic heterocycles. The van der Waals surface area contributed by atoms with Gasteiger partial charge >= 0.3 is 24.1 Å². The number of anilines is 4. The molecule has 46 heavy (non-hydrogen) atoms. The molecule has 1 aliphatic rings. The number of carboxylic acid groups (broad SMARTS) is 2. The molecule has 1 aromatic heterocycles. The summed E-state index contributed by atoms with van der Waals surface area (Å²) in [5, 5.41) is 23.5. The van der Waals surface area contributed by atoms with Crippen LogP contribution < -0.4 is 31.7 Å². The molecule has 0 saturated carbocycles. The Morgan fingerprint density at radius 2 is 1.67 bits per heavy atom. The molecule has 2 heterocycles. The first-order valence-electron chi connectivity index (χ1n) is 14.3. The Kier molecular flexibility index (Phi) is 10.5. The molecule has 2 atom stereocenters. The molecule has 0 saturated heterocycles. The molecular formula is C29H39N7O10. The van der Waals surface area contributed by atoms with E-state index in [1.807, 2.05) is 0 Å². The maximum Gasteiger partial charge on any atom is 0.415 e. The third kappa shape index (κ3) is 9.33. The van der Waals surface area contributed by atoms with Crippen LogP contribution in [0.4, 0.5) is 32.7 Å². The van der Waals surface area contributed by atoms with Crippen LogP contribution in [-0.4, -0.2) is 86.6 Å². The number of aliphatic carboxylic acids is 2. The second-order valence-corrected chi connectivity index (χ2v) is 12.5. The predicted octanol–water partition coefficient (Wildman–Crippen LogP) is 2.38. The number of H-pyrrole nitrogens is 1. The SMILES string of the molecule is CC(C)(C)OC(=O)N(CC1CNc2nc(N)[nH]c(=O)c2N1C(=O)OC(C)(C)C)c1ccc(C(=O)NC(CCC(=O)O)C(=O)O)cc1. The first-order chi connectivity index (χ1) is 21.3. The van der Waals surface area contributed by atoms with Gasteiger partial charge in [0.05, 0.1) is 12.6 Å². The van der Waals surface area contributed by atoms with Crippen molar-refractivity contribution in [1.82, 2.24) is 15.3 Å². The Morgan fingerprint density at radius 1 is 1.07 bits per heavy atom. The number of carbonyl (C=O) groups is 5. The minimum absolute atomic E-state index is 0.0227. The van der Waals surface area contributed by atoms with Gasteiger partial charge in [0.1, 0.15) is 17.2 Å². The van der Waals surface area contributed by atoms with Crippen molar-refractivity contribution in [3.8, 4) is 0 Å². The number of carboxylic acids is 2. The molecule has 0 radical (unpaired) electrons. The van der Waals surface area contributed by atoms with Gasteiger partial charge in [-0.25, -0.2) is 14.4 Å². The molecule has 3 amide bonds. The monoisotopic (exact) mass is 645 g/mol. The Morgan fingerprint density at radius 3 is 2.22 bits per heavy atom. The van der Waals surface area contributed by atoms with E-state index in [4.69, 9.17) is 20.3 Å². The van der Waals surface area contributed by atoms with Crippen LogP contribution in [0.15, 0.2) is 29.1 Å². The van der Waals surface area contributed by atoms with Crippen molar-refractivity contribution in [3.05, 3.63) is 40.2 Å². The molecular weight excluding hydrogens is 606 g/mol. The molecule has 2 unspecified atom stereocenters. The van der Waals surface area contributed by atoms with Gasteiger partial charge < -0.3 is 36.1 Å². The maximum absolute atomic E-state index is 13.5. The van der Waals surface area contributed by atoms with Gasteiger partial charge in [-0.15, -0.1) is 0 Å². The first kappa shape index (κ1) is 35.1. The Hall–Kier alpha value is -5.35. The molecule has 0 aliphatic carbocycles. The highest BCUT2D eigenvalue weighted by atomic mass is 16.6. The van der Waals surface area contributed by atoms with Gasteiger partial charge in [0.25, 0.3) is 11.5 Å². The fourth-order valence-electron chi connectivity index (χ4n) is 4.39. The van der Waals surface area contributed by atoms with Crippen LogP contribution in [0.25, 0.3) is 0 Å². The summed E-state index contributed by atoms with van der Waals surface area (Å²) in [7, 11) is 0. The third-order valence-corrected chi connectivity index (χ3v) is 6.31. The van der Waals surface area contributed by atoms with E-state index in [-0.39, 0.29) is 48.2 Å². The molecule has 7 N–H and O–H groups in total. The highest BCUT2D eigenvalue weighted by Crippen LogP contribution is 2.30. The van der Waals surface area contributed by atoms with Crippen LogP contribution in [0.1, 0.15) is 64.7 Å². The van der Waals surface area contributed by atoms with E-state index in [0.29, 0.717) is 0 Å².